The molecule has 1 aliphatic heterocycles. The summed E-state index contributed by atoms with van der Waals surface area (Å²) in [6.07, 6.45) is 2.50. The minimum absolute atomic E-state index is 0.414. The first kappa shape index (κ1) is 8.97. The molecule has 0 saturated heterocycles. The van der Waals surface area contributed by atoms with Gasteiger partial charge in [0.2, 0.25) is 6.08 Å². The fourth-order valence-corrected chi connectivity index (χ4v) is 1.80. The maximum Gasteiger partial charge on any atom is 0.235 e. The van der Waals surface area contributed by atoms with Crippen LogP contribution in [0.15, 0.2) is 17.1 Å². The van der Waals surface area contributed by atoms with Gasteiger partial charge in [0.05, 0.1) is 13.2 Å². The molecule has 0 spiro atoms. The van der Waals surface area contributed by atoms with Gasteiger partial charge < -0.3 is 4.74 Å². The molecule has 3 heteroatoms. The number of hydrogen-bond donors (Lipinski definition) is 0. The highest BCUT2D eigenvalue weighted by molar-refractivity contribution is 5.46. The van der Waals surface area contributed by atoms with E-state index < -0.39 is 0 Å². The van der Waals surface area contributed by atoms with Gasteiger partial charge in [0, 0.05) is 6.42 Å². The molecule has 0 amide bonds. The molecule has 72 valence electrons. The molecule has 0 saturated carbocycles. The Labute approximate surface area is 82.4 Å². The Hall–Kier alpha value is -1.60. The van der Waals surface area contributed by atoms with Gasteiger partial charge in [-0.3, -0.25) is 0 Å². The molecule has 0 unspecified atom stereocenters. The fraction of sp³-hybridized carbons (Fsp3) is 0.364. The highest BCUT2D eigenvalue weighted by Gasteiger charge is 2.15. The molecule has 0 bridgehead atoms. The molecule has 1 aliphatic rings. The van der Waals surface area contributed by atoms with Crippen LogP contribution < -0.4 is 4.74 Å². The van der Waals surface area contributed by atoms with Crippen LogP contribution in [0.2, 0.25) is 0 Å². The normalized spacial score (nSPS) is 12.9. The Morgan fingerprint density at radius 1 is 1.57 bits per heavy atom. The fourth-order valence-electron chi connectivity index (χ4n) is 1.80. The largest absolute Gasteiger partial charge is 0.493 e. The average molecular weight is 189 g/mol. The predicted octanol–water partition coefficient (Wildman–Crippen LogP) is 1.77. The molecular formula is C11H11NO2. The molecule has 14 heavy (non-hydrogen) atoms. The Kier molecular flexibility index (Phi) is 2.33. The SMILES string of the molecule is Cc1cc(CN=C=O)cc2c1OCC2. The van der Waals surface area contributed by atoms with Gasteiger partial charge in [-0.05, 0) is 23.6 Å². The van der Waals surface area contributed by atoms with Crippen molar-refractivity contribution in [2.45, 2.75) is 19.9 Å². The Morgan fingerprint density at radius 2 is 2.43 bits per heavy atom. The number of nitrogens with zero attached hydrogens (tertiary/aromatic N) is 1. The monoisotopic (exact) mass is 189 g/mol. The van der Waals surface area contributed by atoms with E-state index in [1.807, 2.05) is 13.0 Å². The lowest BCUT2D eigenvalue weighted by Crippen LogP contribution is -1.89. The van der Waals surface area contributed by atoms with Gasteiger partial charge in [-0.1, -0.05) is 12.1 Å². The maximum absolute atomic E-state index is 9.98. The number of benzene rings is 1. The number of ether oxygens (including phenoxy) is 1. The van der Waals surface area contributed by atoms with Crippen molar-refractivity contribution < 1.29 is 9.53 Å². The molecule has 0 fully saturated rings. The molecule has 0 N–H and O–H groups in total. The van der Waals surface area contributed by atoms with Gasteiger partial charge in [-0.25, -0.2) is 9.79 Å². The van der Waals surface area contributed by atoms with Crippen molar-refractivity contribution in [3.63, 3.8) is 0 Å². The summed E-state index contributed by atoms with van der Waals surface area (Å²) < 4.78 is 5.48. The summed E-state index contributed by atoms with van der Waals surface area (Å²) in [4.78, 5) is 13.5. The van der Waals surface area contributed by atoms with E-state index in [1.165, 1.54) is 5.56 Å². The number of carbonyl (C=O) groups excluding carboxylic acids is 1. The molecule has 1 aromatic carbocycles. The smallest absolute Gasteiger partial charge is 0.235 e. The number of isocyanates is 1. The quantitative estimate of drug-likeness (QED) is 0.525. The molecule has 0 radical (unpaired) electrons. The van der Waals surface area contributed by atoms with Crippen molar-refractivity contribution in [3.8, 4) is 5.75 Å². The predicted molar refractivity (Wildman–Crippen MR) is 52.2 cm³/mol. The van der Waals surface area contributed by atoms with Gasteiger partial charge in [0.25, 0.3) is 0 Å². The molecule has 2 rings (SSSR count). The lowest BCUT2D eigenvalue weighted by atomic mass is 10.0. The second kappa shape index (κ2) is 3.64. The molecule has 3 nitrogen and oxygen atoms in total. The summed E-state index contributed by atoms with van der Waals surface area (Å²) in [6, 6.07) is 4.06. The van der Waals surface area contributed by atoms with Gasteiger partial charge in [0.15, 0.2) is 0 Å². The standard InChI is InChI=1S/C11H11NO2/c1-8-4-9(6-12-7-13)5-10-2-3-14-11(8)10/h4-5H,2-3,6H2,1H3. The van der Waals surface area contributed by atoms with Crippen molar-refractivity contribution in [2.24, 2.45) is 4.99 Å². The van der Waals surface area contributed by atoms with Gasteiger partial charge in [-0.2, -0.15) is 0 Å². The topological polar surface area (TPSA) is 38.7 Å². The number of hydrogen-bond acceptors (Lipinski definition) is 3. The first-order valence-electron chi connectivity index (χ1n) is 4.60. The number of rotatable bonds is 2. The van der Waals surface area contributed by atoms with Gasteiger partial charge >= 0.3 is 0 Å². The number of aryl methyl sites for hydroxylation is 1. The van der Waals surface area contributed by atoms with E-state index in [2.05, 4.69) is 11.1 Å². The van der Waals surface area contributed by atoms with E-state index in [4.69, 9.17) is 4.74 Å². The minimum Gasteiger partial charge on any atom is -0.493 e. The van der Waals surface area contributed by atoms with Gasteiger partial charge in [0.1, 0.15) is 5.75 Å². The van der Waals surface area contributed by atoms with Crippen LogP contribution in [0.1, 0.15) is 16.7 Å². The first-order chi connectivity index (χ1) is 6.81. The van der Waals surface area contributed by atoms with Crippen LogP contribution in [0.4, 0.5) is 0 Å². The third-order valence-corrected chi connectivity index (χ3v) is 2.36. The molecular weight excluding hydrogens is 178 g/mol. The Bertz CT molecular complexity index is 406. The lowest BCUT2D eigenvalue weighted by molar-refractivity contribution is 0.354. The van der Waals surface area contributed by atoms with Crippen LogP contribution in [-0.2, 0) is 17.8 Å². The van der Waals surface area contributed by atoms with Crippen LogP contribution in [0.25, 0.3) is 0 Å². The third-order valence-electron chi connectivity index (χ3n) is 2.36. The lowest BCUT2D eigenvalue weighted by Gasteiger charge is -2.05. The van der Waals surface area contributed by atoms with Crippen molar-refractivity contribution in [1.29, 1.82) is 0 Å². The van der Waals surface area contributed by atoms with E-state index >= 15 is 0 Å². The molecule has 0 atom stereocenters. The highest BCUT2D eigenvalue weighted by atomic mass is 16.5. The number of aliphatic imine (C=N–C) groups is 1. The zero-order chi connectivity index (χ0) is 9.97. The maximum atomic E-state index is 9.98. The van der Waals surface area contributed by atoms with E-state index in [1.54, 1.807) is 6.08 Å². The highest BCUT2D eigenvalue weighted by Crippen LogP contribution is 2.30. The second-order valence-electron chi connectivity index (χ2n) is 3.41. The van der Waals surface area contributed by atoms with Gasteiger partial charge in [-0.15, -0.1) is 0 Å². The van der Waals surface area contributed by atoms with Crippen molar-refractivity contribution >= 4 is 6.08 Å². The van der Waals surface area contributed by atoms with Crippen molar-refractivity contribution in [2.75, 3.05) is 6.61 Å². The Balaban J connectivity index is 2.36. The summed E-state index contributed by atoms with van der Waals surface area (Å²) in [7, 11) is 0. The summed E-state index contributed by atoms with van der Waals surface area (Å²) in [6.45, 7) is 3.19. The summed E-state index contributed by atoms with van der Waals surface area (Å²) in [5, 5.41) is 0. The van der Waals surface area contributed by atoms with Crippen LogP contribution in [-0.4, -0.2) is 12.7 Å². The summed E-state index contributed by atoms with van der Waals surface area (Å²) in [5.74, 6) is 1.00. The van der Waals surface area contributed by atoms with E-state index in [0.717, 1.165) is 29.9 Å². The minimum atomic E-state index is 0.414. The van der Waals surface area contributed by atoms with E-state index in [0.29, 0.717) is 6.54 Å². The van der Waals surface area contributed by atoms with E-state index in [-0.39, 0.29) is 0 Å². The average Bonchev–Trinajstić information content (AvgIpc) is 2.63. The first-order valence-corrected chi connectivity index (χ1v) is 4.60. The second-order valence-corrected chi connectivity index (χ2v) is 3.41. The molecule has 1 aromatic rings. The van der Waals surface area contributed by atoms with Crippen LogP contribution in [0.5, 0.6) is 5.75 Å². The van der Waals surface area contributed by atoms with Crippen molar-refractivity contribution in [1.82, 2.24) is 0 Å². The summed E-state index contributed by atoms with van der Waals surface area (Å²) >= 11 is 0. The molecule has 1 heterocycles. The zero-order valence-electron chi connectivity index (χ0n) is 8.04. The molecule has 0 aromatic heterocycles. The van der Waals surface area contributed by atoms with Crippen LogP contribution >= 0.6 is 0 Å². The van der Waals surface area contributed by atoms with E-state index in [9.17, 15) is 4.79 Å². The summed E-state index contributed by atoms with van der Waals surface area (Å²) in [5.41, 5.74) is 3.40. The van der Waals surface area contributed by atoms with Crippen LogP contribution in [0.3, 0.4) is 0 Å². The third kappa shape index (κ3) is 1.54. The van der Waals surface area contributed by atoms with Crippen molar-refractivity contribution in [3.05, 3.63) is 28.8 Å². The zero-order valence-corrected chi connectivity index (χ0v) is 8.04. The Morgan fingerprint density at radius 3 is 3.21 bits per heavy atom. The number of fused-ring (bicyclic) bond motifs is 1. The molecule has 0 aliphatic carbocycles. The van der Waals surface area contributed by atoms with Crippen LogP contribution in [0, 0.1) is 6.92 Å².